The van der Waals surface area contributed by atoms with E-state index in [2.05, 4.69) is 17.3 Å². The zero-order valence-corrected chi connectivity index (χ0v) is 12.5. The molecule has 108 valence electrons. The molecule has 0 fully saturated rings. The zero-order valence-electron chi connectivity index (χ0n) is 11.7. The summed E-state index contributed by atoms with van der Waals surface area (Å²) in [4.78, 5) is 0. The molecule has 0 radical (unpaired) electrons. The van der Waals surface area contributed by atoms with E-state index in [4.69, 9.17) is 11.6 Å². The Hall–Kier alpha value is -1.39. The third kappa shape index (κ3) is 3.19. The summed E-state index contributed by atoms with van der Waals surface area (Å²) in [5.74, 6) is -0.393. The molecule has 0 aliphatic heterocycles. The molecule has 0 saturated carbocycles. The molecule has 0 aliphatic carbocycles. The van der Waals surface area contributed by atoms with Crippen LogP contribution in [0.25, 0.3) is 0 Å². The fourth-order valence-corrected chi connectivity index (χ4v) is 2.38. The summed E-state index contributed by atoms with van der Waals surface area (Å²) in [5.41, 5.74) is 1.74. The van der Waals surface area contributed by atoms with Crippen molar-refractivity contribution >= 4 is 11.6 Å². The third-order valence-electron chi connectivity index (χ3n) is 3.20. The van der Waals surface area contributed by atoms with Gasteiger partial charge in [0.05, 0.1) is 17.3 Å². The Balaban J connectivity index is 2.38. The zero-order chi connectivity index (χ0) is 14.5. The van der Waals surface area contributed by atoms with Gasteiger partial charge in [-0.15, -0.1) is 0 Å². The molecule has 1 atom stereocenters. The summed E-state index contributed by atoms with van der Waals surface area (Å²) in [5, 5.41) is 7.86. The van der Waals surface area contributed by atoms with Crippen molar-refractivity contribution in [2.45, 2.75) is 32.9 Å². The highest BCUT2D eigenvalue weighted by molar-refractivity contribution is 6.31. The first-order valence-corrected chi connectivity index (χ1v) is 7.24. The highest BCUT2D eigenvalue weighted by Crippen LogP contribution is 2.30. The maximum Gasteiger partial charge on any atom is 0.142 e. The SMILES string of the molecule is CCCNC(c1cnn(CC)c1)c1cccc(F)c1Cl. The van der Waals surface area contributed by atoms with Gasteiger partial charge in [-0.1, -0.05) is 30.7 Å². The van der Waals surface area contributed by atoms with Crippen molar-refractivity contribution in [3.8, 4) is 0 Å². The van der Waals surface area contributed by atoms with Crippen LogP contribution in [0.15, 0.2) is 30.6 Å². The third-order valence-corrected chi connectivity index (χ3v) is 3.60. The van der Waals surface area contributed by atoms with Crippen LogP contribution in [0.4, 0.5) is 4.39 Å². The number of hydrogen-bond acceptors (Lipinski definition) is 2. The Labute approximate surface area is 123 Å². The van der Waals surface area contributed by atoms with Crippen LogP contribution >= 0.6 is 11.6 Å². The summed E-state index contributed by atoms with van der Waals surface area (Å²) < 4.78 is 15.5. The predicted octanol–water partition coefficient (Wildman–Crippen LogP) is 3.78. The van der Waals surface area contributed by atoms with Gasteiger partial charge < -0.3 is 5.32 Å². The molecule has 2 aromatic rings. The lowest BCUT2D eigenvalue weighted by Crippen LogP contribution is -2.23. The average Bonchev–Trinajstić information content (AvgIpc) is 2.92. The Morgan fingerprint density at radius 2 is 2.20 bits per heavy atom. The molecular weight excluding hydrogens is 277 g/mol. The van der Waals surface area contributed by atoms with Crippen molar-refractivity contribution in [1.82, 2.24) is 15.1 Å². The molecule has 1 aromatic carbocycles. The topological polar surface area (TPSA) is 29.9 Å². The van der Waals surface area contributed by atoms with Gasteiger partial charge in [-0.3, -0.25) is 4.68 Å². The van der Waals surface area contributed by atoms with E-state index in [0.717, 1.165) is 30.6 Å². The van der Waals surface area contributed by atoms with Crippen molar-refractivity contribution in [2.75, 3.05) is 6.54 Å². The van der Waals surface area contributed by atoms with Crippen molar-refractivity contribution in [3.63, 3.8) is 0 Å². The molecule has 1 N–H and O–H groups in total. The lowest BCUT2D eigenvalue weighted by molar-refractivity contribution is 0.584. The molecule has 3 nitrogen and oxygen atoms in total. The first kappa shape index (κ1) is 15.0. The molecule has 5 heteroatoms. The van der Waals surface area contributed by atoms with E-state index in [1.807, 2.05) is 23.9 Å². The van der Waals surface area contributed by atoms with Gasteiger partial charge in [0.2, 0.25) is 0 Å². The van der Waals surface area contributed by atoms with Crippen molar-refractivity contribution in [3.05, 3.63) is 52.6 Å². The fraction of sp³-hybridized carbons (Fsp3) is 0.400. The van der Waals surface area contributed by atoms with Crippen molar-refractivity contribution < 1.29 is 4.39 Å². The van der Waals surface area contributed by atoms with Gasteiger partial charge in [-0.2, -0.15) is 5.10 Å². The minimum atomic E-state index is -0.393. The monoisotopic (exact) mass is 295 g/mol. The van der Waals surface area contributed by atoms with Gasteiger partial charge >= 0.3 is 0 Å². The lowest BCUT2D eigenvalue weighted by Gasteiger charge is -2.19. The lowest BCUT2D eigenvalue weighted by atomic mass is 10.0. The minimum Gasteiger partial charge on any atom is -0.306 e. The van der Waals surface area contributed by atoms with Crippen LogP contribution in [0, 0.1) is 5.82 Å². The molecule has 1 unspecified atom stereocenters. The molecule has 2 rings (SSSR count). The van der Waals surface area contributed by atoms with E-state index in [0.29, 0.717) is 0 Å². The van der Waals surface area contributed by atoms with Crippen molar-refractivity contribution in [1.29, 1.82) is 0 Å². The quantitative estimate of drug-likeness (QED) is 0.879. The van der Waals surface area contributed by atoms with Crippen molar-refractivity contribution in [2.24, 2.45) is 0 Å². The van der Waals surface area contributed by atoms with E-state index in [9.17, 15) is 4.39 Å². The van der Waals surface area contributed by atoms with Gasteiger partial charge in [0.15, 0.2) is 0 Å². The van der Waals surface area contributed by atoms with Crippen LogP contribution < -0.4 is 5.32 Å². The summed E-state index contributed by atoms with van der Waals surface area (Å²) in [6, 6.07) is 4.76. The maximum absolute atomic E-state index is 13.7. The highest BCUT2D eigenvalue weighted by atomic mass is 35.5. The molecule has 0 spiro atoms. The number of hydrogen-bond donors (Lipinski definition) is 1. The second-order valence-corrected chi connectivity index (χ2v) is 5.04. The Kier molecular flexibility index (Phi) is 5.15. The average molecular weight is 296 g/mol. The summed E-state index contributed by atoms with van der Waals surface area (Å²) in [6.45, 7) is 5.75. The van der Waals surface area contributed by atoms with Crippen LogP contribution in [0.1, 0.15) is 37.4 Å². The van der Waals surface area contributed by atoms with Crippen LogP contribution in [0.2, 0.25) is 5.02 Å². The van der Waals surface area contributed by atoms with Gasteiger partial charge in [0.25, 0.3) is 0 Å². The number of nitrogens with one attached hydrogen (secondary N) is 1. The summed E-state index contributed by atoms with van der Waals surface area (Å²) in [6.07, 6.45) is 4.76. The van der Waals surface area contributed by atoms with E-state index < -0.39 is 5.82 Å². The van der Waals surface area contributed by atoms with Crippen LogP contribution in [0.3, 0.4) is 0 Å². The summed E-state index contributed by atoms with van der Waals surface area (Å²) >= 11 is 6.12. The Morgan fingerprint density at radius 1 is 1.40 bits per heavy atom. The van der Waals surface area contributed by atoms with Crippen LogP contribution in [0.5, 0.6) is 0 Å². The maximum atomic E-state index is 13.7. The van der Waals surface area contributed by atoms with Gasteiger partial charge in [0.1, 0.15) is 5.82 Å². The first-order chi connectivity index (χ1) is 9.67. The second-order valence-electron chi connectivity index (χ2n) is 4.66. The Morgan fingerprint density at radius 3 is 2.85 bits per heavy atom. The second kappa shape index (κ2) is 6.86. The van der Waals surface area contributed by atoms with E-state index in [-0.39, 0.29) is 11.1 Å². The fourth-order valence-electron chi connectivity index (χ4n) is 2.14. The van der Waals surface area contributed by atoms with Gasteiger partial charge in [0, 0.05) is 18.3 Å². The molecule has 0 saturated heterocycles. The van der Waals surface area contributed by atoms with E-state index in [1.54, 1.807) is 12.3 Å². The molecule has 20 heavy (non-hydrogen) atoms. The number of aryl methyl sites for hydroxylation is 1. The number of halogens is 2. The standard InChI is InChI=1S/C15H19ClFN3/c1-3-8-18-15(11-9-19-20(4-2)10-11)12-6-5-7-13(17)14(12)16/h5-7,9-10,15,18H,3-4,8H2,1-2H3. The largest absolute Gasteiger partial charge is 0.306 e. The van der Waals surface area contributed by atoms with Crippen LogP contribution in [-0.4, -0.2) is 16.3 Å². The highest BCUT2D eigenvalue weighted by Gasteiger charge is 2.19. The molecule has 0 bridgehead atoms. The molecule has 1 aromatic heterocycles. The molecule has 0 amide bonds. The number of nitrogens with zero attached hydrogens (tertiary/aromatic N) is 2. The normalized spacial score (nSPS) is 12.6. The van der Waals surface area contributed by atoms with Crippen LogP contribution in [-0.2, 0) is 6.54 Å². The minimum absolute atomic E-state index is 0.140. The number of rotatable bonds is 6. The number of benzene rings is 1. The predicted molar refractivity (Wildman–Crippen MR) is 79.4 cm³/mol. The molecule has 0 aliphatic rings. The first-order valence-electron chi connectivity index (χ1n) is 6.87. The molecular formula is C15H19ClFN3. The number of aromatic nitrogens is 2. The molecule has 1 heterocycles. The van der Waals surface area contributed by atoms with E-state index in [1.165, 1.54) is 6.07 Å². The smallest absolute Gasteiger partial charge is 0.142 e. The summed E-state index contributed by atoms with van der Waals surface area (Å²) in [7, 11) is 0. The van der Waals surface area contributed by atoms with Gasteiger partial charge in [-0.05, 0) is 31.5 Å². The van der Waals surface area contributed by atoms with E-state index >= 15 is 0 Å². The van der Waals surface area contributed by atoms with Gasteiger partial charge in [-0.25, -0.2) is 4.39 Å². The Bertz CT molecular complexity index is 568.